The van der Waals surface area contributed by atoms with Crippen LogP contribution in [0, 0.1) is 11.8 Å². The van der Waals surface area contributed by atoms with E-state index < -0.39 is 184 Å². The maximum Gasteiger partial charge on any atom is 0.335 e. The van der Waals surface area contributed by atoms with Gasteiger partial charge in [-0.2, -0.15) is 0 Å². The van der Waals surface area contributed by atoms with Crippen LogP contribution >= 0.6 is 0 Å². The highest BCUT2D eigenvalue weighted by atomic mass is 16.7. The van der Waals surface area contributed by atoms with Crippen molar-refractivity contribution in [2.24, 2.45) is 11.8 Å². The Morgan fingerprint density at radius 3 is 1.63 bits per heavy atom. The largest absolute Gasteiger partial charge is 0.481 e. The number of fused-ring (bicyclic) bond motifs is 1. The van der Waals surface area contributed by atoms with Crippen molar-refractivity contribution in [2.75, 3.05) is 13.2 Å². The van der Waals surface area contributed by atoms with Crippen LogP contribution in [0.3, 0.4) is 0 Å². The average molecular weight is 875 g/mol. The van der Waals surface area contributed by atoms with Crippen molar-refractivity contribution in [2.45, 2.75) is 167 Å². The third-order valence-electron chi connectivity index (χ3n) is 11.5. The van der Waals surface area contributed by atoms with Crippen molar-refractivity contribution in [3.63, 3.8) is 0 Å². The molecule has 0 spiro atoms. The second-order valence-corrected chi connectivity index (χ2v) is 15.9. The second kappa shape index (κ2) is 20.6. The molecule has 5 rings (SSSR count). The summed E-state index contributed by atoms with van der Waals surface area (Å²) in [4.78, 5) is 46.0. The van der Waals surface area contributed by atoms with Crippen LogP contribution in [0.4, 0.5) is 0 Å². The molecule has 2 saturated carbocycles. The summed E-state index contributed by atoms with van der Waals surface area (Å²) in [7, 11) is 0. The van der Waals surface area contributed by atoms with Gasteiger partial charge in [0.15, 0.2) is 24.8 Å². The van der Waals surface area contributed by atoms with E-state index in [-0.39, 0.29) is 32.1 Å². The molecule has 0 amide bonds. The molecule has 5 fully saturated rings. The van der Waals surface area contributed by atoms with Crippen LogP contribution in [-0.2, 0) is 52.3 Å². The average Bonchev–Trinajstić information content (AvgIpc) is 3.18. The minimum Gasteiger partial charge on any atom is -0.481 e. The Morgan fingerprint density at radius 1 is 0.567 bits per heavy atom. The summed E-state index contributed by atoms with van der Waals surface area (Å²) >= 11 is 0. The molecule has 344 valence electrons. The van der Waals surface area contributed by atoms with Crippen LogP contribution in [0.2, 0.25) is 0 Å². The minimum absolute atomic E-state index is 0.00165. The highest BCUT2D eigenvalue weighted by molar-refractivity contribution is 5.81. The Morgan fingerprint density at radius 2 is 1.10 bits per heavy atom. The number of carboxylic acids is 2. The molecule has 0 aromatic carbocycles. The fourth-order valence-corrected chi connectivity index (χ4v) is 8.26. The van der Waals surface area contributed by atoms with E-state index in [1.165, 1.54) is 0 Å². The van der Waals surface area contributed by atoms with E-state index in [0.717, 1.165) is 0 Å². The highest BCUT2D eigenvalue weighted by Gasteiger charge is 2.55. The molecule has 3 heterocycles. The predicted molar refractivity (Wildman–Crippen MR) is 184 cm³/mol. The van der Waals surface area contributed by atoms with Crippen LogP contribution in [0.25, 0.3) is 0 Å². The zero-order valence-corrected chi connectivity index (χ0v) is 31.8. The molecule has 14 N–H and O–H groups in total. The van der Waals surface area contributed by atoms with Gasteiger partial charge in [-0.3, -0.25) is 9.59 Å². The first-order valence-corrected chi connectivity index (χ1v) is 19.4. The molecular formula is C35H54O25. The number of esters is 2. The predicted octanol–water partition coefficient (Wildman–Crippen LogP) is -7.45. The Kier molecular flexibility index (Phi) is 16.6. The Balaban J connectivity index is 1.35. The van der Waals surface area contributed by atoms with E-state index in [9.17, 15) is 80.5 Å². The first kappa shape index (κ1) is 48.2. The summed E-state index contributed by atoms with van der Waals surface area (Å²) in [6, 6.07) is 0. The molecule has 3 aliphatic heterocycles. The van der Waals surface area contributed by atoms with Gasteiger partial charge >= 0.3 is 23.9 Å². The van der Waals surface area contributed by atoms with Crippen molar-refractivity contribution in [3.8, 4) is 0 Å². The van der Waals surface area contributed by atoms with Crippen molar-refractivity contribution in [1.29, 1.82) is 0 Å². The van der Waals surface area contributed by atoms with Crippen LogP contribution in [0.15, 0.2) is 0 Å². The van der Waals surface area contributed by atoms with Crippen molar-refractivity contribution >= 4 is 23.9 Å². The first-order chi connectivity index (χ1) is 28.2. The lowest BCUT2D eigenvalue weighted by molar-refractivity contribution is -0.345. The summed E-state index contributed by atoms with van der Waals surface area (Å²) in [6.07, 6.45) is -34.6. The van der Waals surface area contributed by atoms with Gasteiger partial charge < -0.3 is 105 Å². The summed E-state index contributed by atoms with van der Waals surface area (Å²) in [5, 5.41) is 144. The number of aliphatic hydroxyl groups is 12. The zero-order chi connectivity index (χ0) is 44.3. The normalized spacial score (nSPS) is 44.5. The van der Waals surface area contributed by atoms with Crippen molar-refractivity contribution in [1.82, 2.24) is 0 Å². The van der Waals surface area contributed by atoms with Crippen LogP contribution in [0.5, 0.6) is 0 Å². The minimum atomic E-state index is -2.10. The third-order valence-corrected chi connectivity index (χ3v) is 11.5. The van der Waals surface area contributed by atoms with Gasteiger partial charge in [0.25, 0.3) is 0 Å². The lowest BCUT2D eigenvalue weighted by atomic mass is 9.72. The zero-order valence-electron chi connectivity index (χ0n) is 31.8. The van der Waals surface area contributed by atoms with Gasteiger partial charge in [0, 0.05) is 12.3 Å². The monoisotopic (exact) mass is 874 g/mol. The van der Waals surface area contributed by atoms with E-state index in [2.05, 4.69) is 0 Å². The lowest BCUT2D eigenvalue weighted by Crippen LogP contribution is -2.63. The number of aliphatic hydroxyl groups excluding tert-OH is 12. The molecule has 0 radical (unpaired) electrons. The molecule has 20 atom stereocenters. The van der Waals surface area contributed by atoms with Crippen LogP contribution < -0.4 is 0 Å². The number of aliphatic carboxylic acids is 2. The van der Waals surface area contributed by atoms with Crippen molar-refractivity contribution < 1.29 is 124 Å². The quantitative estimate of drug-likeness (QED) is 0.0680. The van der Waals surface area contributed by atoms with E-state index >= 15 is 0 Å². The second-order valence-electron chi connectivity index (χ2n) is 15.9. The van der Waals surface area contributed by atoms with Crippen LogP contribution in [0.1, 0.15) is 44.9 Å². The number of carbonyl (C=O) groups excluding carboxylic acids is 2. The Bertz CT molecular complexity index is 1460. The fraction of sp³-hybridized carbons (Fsp3) is 0.886. The molecule has 0 aromatic heterocycles. The molecule has 25 nitrogen and oxygen atoms in total. The smallest absolute Gasteiger partial charge is 0.335 e. The van der Waals surface area contributed by atoms with Gasteiger partial charge in [0.05, 0.1) is 55.6 Å². The van der Waals surface area contributed by atoms with Gasteiger partial charge in [0.2, 0.25) is 0 Å². The molecule has 3 saturated heterocycles. The van der Waals surface area contributed by atoms with E-state index in [4.69, 9.17) is 43.4 Å². The fourth-order valence-electron chi connectivity index (χ4n) is 8.26. The topological polar surface area (TPSA) is 416 Å². The number of ether oxygens (including phenoxy) is 7. The number of carbonyl (C=O) groups is 4. The Hall–Kier alpha value is -2.80. The molecule has 60 heavy (non-hydrogen) atoms. The number of carboxylic acid groups (broad SMARTS) is 2. The molecule has 0 bridgehead atoms. The molecule has 5 aliphatic rings. The van der Waals surface area contributed by atoms with E-state index in [1.54, 1.807) is 0 Å². The number of hydrogen-bond donors (Lipinski definition) is 14. The summed E-state index contributed by atoms with van der Waals surface area (Å²) in [6.45, 7) is -1.63. The van der Waals surface area contributed by atoms with Gasteiger partial charge in [0.1, 0.15) is 68.1 Å². The summed E-state index contributed by atoms with van der Waals surface area (Å²) < 4.78 is 39.9. The van der Waals surface area contributed by atoms with Gasteiger partial charge in [-0.1, -0.05) is 0 Å². The van der Waals surface area contributed by atoms with Gasteiger partial charge in [-0.25, -0.2) is 9.59 Å². The lowest BCUT2D eigenvalue weighted by Gasteiger charge is -2.52. The maximum absolute atomic E-state index is 12.1. The summed E-state index contributed by atoms with van der Waals surface area (Å²) in [5.41, 5.74) is 0. The molecular weight excluding hydrogens is 820 g/mol. The number of hydrogen-bond acceptors (Lipinski definition) is 23. The highest BCUT2D eigenvalue weighted by Crippen LogP contribution is 2.45. The van der Waals surface area contributed by atoms with Gasteiger partial charge in [-0.05, 0) is 31.6 Å². The standard InChI is InChI=1S/C35H54O25/c36-11-3-17-12(18(4-11)57-34-29(49)28(48)26(46)21(60-34)9-55-33(53)16(40)6-22(41)42)5-19(31(56-17)10-1-13(37)24(44)14(38)2-10)58-35-30(50)27(47)25(45)20(59-35)8-54-23(43)7-15(39)32(51)52/h10-21,24-31,34-40,44-50H,1-9H2,(H,41,42)(H,51,52). The Labute approximate surface area is 340 Å². The van der Waals surface area contributed by atoms with Crippen molar-refractivity contribution in [3.05, 3.63) is 0 Å². The van der Waals surface area contributed by atoms with E-state index in [0.29, 0.717) is 0 Å². The van der Waals surface area contributed by atoms with Gasteiger partial charge in [-0.15, -0.1) is 0 Å². The molecule has 20 unspecified atom stereocenters. The number of rotatable bonds is 15. The summed E-state index contributed by atoms with van der Waals surface area (Å²) in [5.74, 6) is -7.35. The van der Waals surface area contributed by atoms with Crippen LogP contribution in [-0.4, -0.2) is 231 Å². The maximum atomic E-state index is 12.1. The third kappa shape index (κ3) is 11.4. The molecule has 0 aromatic rings. The van der Waals surface area contributed by atoms with E-state index in [1.807, 2.05) is 0 Å². The first-order valence-electron chi connectivity index (χ1n) is 19.4. The molecule has 2 aliphatic carbocycles. The SMILES string of the molecule is O=C(O)CC(O)C(=O)OCC1OC(OC2CC(O)CC3OC(C4CC(O)C(O)C(O)C4)C(OC4OC(COC(=O)CC(O)C(=O)O)C(O)C(O)C4O)CC23)C(O)C(O)C1O. The molecule has 25 heteroatoms.